The summed E-state index contributed by atoms with van der Waals surface area (Å²) in [5, 5.41) is 10.3. The van der Waals surface area contributed by atoms with Gasteiger partial charge in [0.25, 0.3) is 0 Å². The van der Waals surface area contributed by atoms with E-state index in [1.807, 2.05) is 60.7 Å². The molecule has 1 unspecified atom stereocenters. The molecule has 14 heteroatoms. The Morgan fingerprint density at radius 3 is 1.60 bits per heavy atom. The van der Waals surface area contributed by atoms with Crippen molar-refractivity contribution in [2.24, 2.45) is 0 Å². The van der Waals surface area contributed by atoms with E-state index in [-0.39, 0.29) is 50.7 Å². The third-order valence-electron chi connectivity index (χ3n) is 8.90. The number of carbonyl (C=O) groups is 5. The molecule has 0 saturated carbocycles. The molecular weight excluding hydrogens is 666 g/mol. The number of aliphatic hydroxyl groups excluding tert-OH is 1. The molecule has 0 spiro atoms. The van der Waals surface area contributed by atoms with E-state index in [0.717, 1.165) is 11.1 Å². The van der Waals surface area contributed by atoms with Crippen LogP contribution in [0.1, 0.15) is 78.4 Å². The van der Waals surface area contributed by atoms with Crippen LogP contribution in [0.15, 0.2) is 60.7 Å². The highest BCUT2D eigenvalue weighted by molar-refractivity contribution is 6.57. The van der Waals surface area contributed by atoms with Crippen LogP contribution >= 0.6 is 0 Å². The highest BCUT2D eigenvalue weighted by atomic mass is 16.6. The largest absolute Gasteiger partial charge is 0.466 e. The van der Waals surface area contributed by atoms with Crippen LogP contribution in [0.25, 0.3) is 0 Å². The zero-order valence-electron chi connectivity index (χ0n) is 31.0. The number of hydrogen-bond donors (Lipinski definition) is 1. The number of rotatable bonds is 14. The molecule has 2 amide bonds. The van der Waals surface area contributed by atoms with Crippen LogP contribution in [-0.4, -0.2) is 115 Å². The summed E-state index contributed by atoms with van der Waals surface area (Å²) >= 11 is 0. The van der Waals surface area contributed by atoms with Crippen molar-refractivity contribution in [1.82, 2.24) is 9.80 Å². The van der Waals surface area contributed by atoms with Gasteiger partial charge in [-0.3, -0.25) is 24.0 Å². The highest BCUT2D eigenvalue weighted by Crippen LogP contribution is 2.37. The van der Waals surface area contributed by atoms with Crippen LogP contribution in [0, 0.1) is 0 Å². The fraction of sp³-hybridized carbons (Fsp3) is 0.553. The summed E-state index contributed by atoms with van der Waals surface area (Å²) in [6, 6.07) is 18.6. The molecule has 0 aromatic heterocycles. The third kappa shape index (κ3) is 12.0. The molecule has 2 aliphatic rings. The second-order valence-electron chi connectivity index (χ2n) is 13.8. The van der Waals surface area contributed by atoms with Crippen molar-refractivity contribution in [2.45, 2.75) is 122 Å². The summed E-state index contributed by atoms with van der Waals surface area (Å²) in [6.07, 6.45) is -1.03. The number of aliphatic hydroxyl groups is 1. The Balaban J connectivity index is 0.000000280. The number of ether oxygens (including phenoxy) is 4. The van der Waals surface area contributed by atoms with E-state index in [4.69, 9.17) is 34.6 Å². The average Bonchev–Trinajstić information content (AvgIpc) is 3.44. The second kappa shape index (κ2) is 19.2. The zero-order chi connectivity index (χ0) is 38.6. The zero-order valence-corrected chi connectivity index (χ0v) is 31.0. The van der Waals surface area contributed by atoms with Gasteiger partial charge in [-0.25, -0.2) is 0 Å². The summed E-state index contributed by atoms with van der Waals surface area (Å²) in [4.78, 5) is 62.4. The fourth-order valence-corrected chi connectivity index (χ4v) is 6.97. The molecule has 1 N–H and O–H groups in total. The minimum absolute atomic E-state index is 0.0174. The SMILES string of the molecule is [B]C(=O)N1[C@@H](Cc2ccccc2)[C@@H](CC(=O)CC(=O)OCC)OC1(C)C.[B]C(=O)N1[C@@H](Cc2ccccc2)[C@@H](CC(O)CC(=O)OCC)OC1(C)C. The molecule has 0 aliphatic carbocycles. The predicted octanol–water partition coefficient (Wildman–Crippen LogP) is 4.26. The van der Waals surface area contributed by atoms with Gasteiger partial charge >= 0.3 is 11.9 Å². The monoisotopic (exact) mass is 716 g/mol. The Kier molecular flexibility index (Phi) is 15.6. The molecule has 4 rings (SSSR count). The van der Waals surface area contributed by atoms with E-state index in [0.29, 0.717) is 12.8 Å². The number of carbonyl (C=O) groups excluding carboxylic acids is 5. The number of benzene rings is 2. The van der Waals surface area contributed by atoms with Crippen molar-refractivity contribution in [3.63, 3.8) is 0 Å². The molecular formula is C38H50B2N2O10. The summed E-state index contributed by atoms with van der Waals surface area (Å²) in [7, 11) is 11.2. The quantitative estimate of drug-likeness (QED) is 0.171. The number of Topliss-reactive ketones (excluding diaryl/α,β-unsaturated/α-hetero) is 1. The number of hydrogen-bond acceptors (Lipinski definition) is 10. The standard InChI is InChI=1S/C19H26BNO5.C19H24BNO5/c2*1-4-25-17(23)12-14(22)11-16-15(10-13-8-6-5-7-9-13)21(18(20)24)19(2,3)26-16/h5-9,14-16,22H,4,10-12H2,1-3H3;5-9,15-16H,4,10-12H2,1-3H3/t14?,15-,16+;15-,16+/m00/s1. The van der Waals surface area contributed by atoms with E-state index in [1.165, 1.54) is 9.80 Å². The first-order valence-corrected chi connectivity index (χ1v) is 17.6. The second-order valence-corrected chi connectivity index (χ2v) is 13.8. The van der Waals surface area contributed by atoms with Gasteiger partial charge in [0.15, 0.2) is 11.6 Å². The lowest BCUT2D eigenvalue weighted by Crippen LogP contribution is -2.49. The molecule has 2 aliphatic heterocycles. The maximum Gasteiger partial charge on any atom is 0.313 e. The first kappa shape index (κ1) is 42.4. The van der Waals surface area contributed by atoms with Crippen molar-refractivity contribution in [3.8, 4) is 0 Å². The van der Waals surface area contributed by atoms with Crippen molar-refractivity contribution in [2.75, 3.05) is 13.2 Å². The normalized spacial score (nSPS) is 22.1. The van der Waals surface area contributed by atoms with Gasteiger partial charge in [0, 0.05) is 12.8 Å². The summed E-state index contributed by atoms with van der Waals surface area (Å²) in [5.41, 5.74) is 0.225. The lowest BCUT2D eigenvalue weighted by Gasteiger charge is -2.33. The van der Waals surface area contributed by atoms with Crippen LogP contribution in [0.2, 0.25) is 0 Å². The highest BCUT2D eigenvalue weighted by Gasteiger charge is 2.50. The first-order chi connectivity index (χ1) is 24.5. The summed E-state index contributed by atoms with van der Waals surface area (Å²) < 4.78 is 21.7. The van der Waals surface area contributed by atoms with E-state index < -0.39 is 59.4 Å². The Morgan fingerprint density at radius 1 is 0.731 bits per heavy atom. The molecule has 2 fully saturated rings. The molecule has 2 heterocycles. The van der Waals surface area contributed by atoms with Crippen LogP contribution < -0.4 is 0 Å². The molecule has 52 heavy (non-hydrogen) atoms. The van der Waals surface area contributed by atoms with Crippen molar-refractivity contribution in [1.29, 1.82) is 0 Å². The smallest absolute Gasteiger partial charge is 0.313 e. The Hall–Kier alpha value is -4.00. The fourth-order valence-electron chi connectivity index (χ4n) is 6.97. The lowest BCUT2D eigenvalue weighted by atomic mass is 9.93. The van der Waals surface area contributed by atoms with Crippen molar-refractivity contribution >= 4 is 45.0 Å². The Morgan fingerprint density at radius 2 is 1.15 bits per heavy atom. The molecule has 0 bridgehead atoms. The van der Waals surface area contributed by atoms with Crippen molar-refractivity contribution < 1.29 is 48.0 Å². The van der Waals surface area contributed by atoms with Gasteiger partial charge < -0.3 is 33.9 Å². The Bertz CT molecular complexity index is 1510. The number of esters is 2. The van der Waals surface area contributed by atoms with Gasteiger partial charge in [-0.05, 0) is 65.5 Å². The van der Waals surface area contributed by atoms with E-state index in [9.17, 15) is 29.1 Å². The number of amides is 2. The van der Waals surface area contributed by atoms with Gasteiger partial charge in [-0.1, -0.05) is 60.7 Å². The molecule has 2 aromatic rings. The van der Waals surface area contributed by atoms with Crippen molar-refractivity contribution in [3.05, 3.63) is 71.8 Å². The average molecular weight is 716 g/mol. The van der Waals surface area contributed by atoms with Gasteiger partial charge in [-0.2, -0.15) is 0 Å². The summed E-state index contributed by atoms with van der Waals surface area (Å²) in [5.74, 6) is -2.46. The lowest BCUT2D eigenvalue weighted by molar-refractivity contribution is -0.147. The number of ketones is 1. The molecule has 2 aromatic carbocycles. The molecule has 278 valence electrons. The first-order valence-electron chi connectivity index (χ1n) is 17.6. The van der Waals surface area contributed by atoms with Gasteiger partial charge in [0.05, 0.1) is 50.0 Å². The van der Waals surface area contributed by atoms with Gasteiger partial charge in [-0.15, -0.1) is 0 Å². The van der Waals surface area contributed by atoms with E-state index >= 15 is 0 Å². The number of nitrogens with zero attached hydrogens (tertiary/aromatic N) is 2. The molecule has 5 atom stereocenters. The molecule has 2 saturated heterocycles. The minimum Gasteiger partial charge on any atom is -0.466 e. The predicted molar refractivity (Wildman–Crippen MR) is 194 cm³/mol. The molecule has 4 radical (unpaired) electrons. The van der Waals surface area contributed by atoms with Crippen LogP contribution in [0.5, 0.6) is 0 Å². The van der Waals surface area contributed by atoms with Gasteiger partial charge in [0.2, 0.25) is 15.7 Å². The minimum atomic E-state index is -0.930. The van der Waals surface area contributed by atoms with Gasteiger partial charge in [0.1, 0.15) is 23.7 Å². The van der Waals surface area contributed by atoms with Crippen LogP contribution in [-0.2, 0) is 46.2 Å². The molecule has 12 nitrogen and oxygen atoms in total. The third-order valence-corrected chi connectivity index (χ3v) is 8.90. The van der Waals surface area contributed by atoms with E-state index in [1.54, 1.807) is 41.5 Å². The van der Waals surface area contributed by atoms with Crippen LogP contribution in [0.3, 0.4) is 0 Å². The maximum absolute atomic E-state index is 12.3. The van der Waals surface area contributed by atoms with Crippen LogP contribution in [0.4, 0.5) is 9.59 Å². The maximum atomic E-state index is 12.3. The summed E-state index contributed by atoms with van der Waals surface area (Å²) in [6.45, 7) is 10.9. The Labute approximate surface area is 309 Å². The van der Waals surface area contributed by atoms with E-state index in [2.05, 4.69) is 0 Å². The topological polar surface area (TPSA) is 149 Å².